The first-order valence-corrected chi connectivity index (χ1v) is 10.1. The molecule has 0 atom stereocenters. The number of carboxylic acid groups (broad SMARTS) is 1. The van der Waals surface area contributed by atoms with Crippen LogP contribution in [0.15, 0.2) is 71.6 Å². The zero-order chi connectivity index (χ0) is 21.0. The summed E-state index contributed by atoms with van der Waals surface area (Å²) in [6, 6.07) is 15.4. The minimum atomic E-state index is -4.27. The first-order valence-electron chi connectivity index (χ1n) is 8.65. The Labute approximate surface area is 166 Å². The molecule has 0 unspecified atom stereocenters. The molecule has 0 saturated carbocycles. The van der Waals surface area contributed by atoms with Gasteiger partial charge in [0.2, 0.25) is 0 Å². The van der Waals surface area contributed by atoms with Gasteiger partial charge in [-0.25, -0.2) is 22.0 Å². The fourth-order valence-electron chi connectivity index (χ4n) is 2.95. The maximum atomic E-state index is 13.9. The molecule has 0 heterocycles. The summed E-state index contributed by atoms with van der Waals surface area (Å²) in [6.45, 7) is 0. The average molecular weight is 417 g/mol. The fourth-order valence-corrected chi connectivity index (χ4v) is 4.11. The fraction of sp³-hybridized carbons (Fsp3) is 0.0952. The number of sulfonamides is 1. The van der Waals surface area contributed by atoms with E-state index in [4.69, 9.17) is 0 Å². The molecule has 0 fully saturated rings. The summed E-state index contributed by atoms with van der Waals surface area (Å²) in [5.74, 6) is -3.11. The average Bonchev–Trinajstić information content (AvgIpc) is 2.67. The number of benzene rings is 3. The van der Waals surface area contributed by atoms with E-state index in [0.717, 1.165) is 12.1 Å². The molecule has 0 aromatic heterocycles. The number of carbonyl (C=O) groups is 1. The molecule has 3 aromatic carbocycles. The summed E-state index contributed by atoms with van der Waals surface area (Å²) in [4.78, 5) is 10.7. The van der Waals surface area contributed by atoms with Gasteiger partial charge in [0.15, 0.2) is 0 Å². The highest BCUT2D eigenvalue weighted by Gasteiger charge is 2.21. The van der Waals surface area contributed by atoms with Crippen LogP contribution >= 0.6 is 0 Å². The summed E-state index contributed by atoms with van der Waals surface area (Å²) in [6.07, 6.45) is 0.723. The van der Waals surface area contributed by atoms with Gasteiger partial charge in [0.05, 0.1) is 11.3 Å². The van der Waals surface area contributed by atoms with Crippen LogP contribution in [0.25, 0.3) is 0 Å². The Morgan fingerprint density at radius 1 is 0.897 bits per heavy atom. The molecule has 2 N–H and O–H groups in total. The summed E-state index contributed by atoms with van der Waals surface area (Å²) in [5.41, 5.74) is 1.64. The Morgan fingerprint density at radius 2 is 1.52 bits per heavy atom. The van der Waals surface area contributed by atoms with Gasteiger partial charge in [0, 0.05) is 6.07 Å². The number of halogens is 2. The summed E-state index contributed by atoms with van der Waals surface area (Å²) in [5, 5.41) is 9.29. The SMILES string of the molecule is O=C(O)c1ccccc1CCc1ccccc1NS(=O)(=O)c1ccc(F)cc1F. The molecule has 0 aliphatic rings. The van der Waals surface area contributed by atoms with Crippen LogP contribution in [-0.4, -0.2) is 19.5 Å². The molecule has 0 radical (unpaired) electrons. The lowest BCUT2D eigenvalue weighted by molar-refractivity contribution is 0.0695. The van der Waals surface area contributed by atoms with Crippen molar-refractivity contribution in [3.05, 3.63) is 95.1 Å². The van der Waals surface area contributed by atoms with Crippen molar-refractivity contribution in [3.63, 3.8) is 0 Å². The van der Waals surface area contributed by atoms with Crippen molar-refractivity contribution in [2.24, 2.45) is 0 Å². The molecule has 0 bridgehead atoms. The van der Waals surface area contributed by atoms with E-state index >= 15 is 0 Å². The van der Waals surface area contributed by atoms with E-state index in [1.165, 1.54) is 12.1 Å². The highest BCUT2D eigenvalue weighted by Crippen LogP contribution is 2.24. The highest BCUT2D eigenvalue weighted by molar-refractivity contribution is 7.92. The molecule has 3 rings (SSSR count). The van der Waals surface area contributed by atoms with Crippen LogP contribution in [0.5, 0.6) is 0 Å². The summed E-state index contributed by atoms with van der Waals surface area (Å²) >= 11 is 0. The maximum absolute atomic E-state index is 13.9. The van der Waals surface area contributed by atoms with Crippen molar-refractivity contribution < 1.29 is 27.1 Å². The number of aryl methyl sites for hydroxylation is 2. The van der Waals surface area contributed by atoms with E-state index in [0.29, 0.717) is 30.0 Å². The Morgan fingerprint density at radius 3 is 2.21 bits per heavy atom. The molecule has 0 amide bonds. The van der Waals surface area contributed by atoms with Gasteiger partial charge < -0.3 is 5.11 Å². The number of para-hydroxylation sites is 1. The molecule has 0 aliphatic heterocycles. The highest BCUT2D eigenvalue weighted by atomic mass is 32.2. The number of nitrogens with one attached hydrogen (secondary N) is 1. The van der Waals surface area contributed by atoms with Crippen LogP contribution in [0.3, 0.4) is 0 Å². The number of anilines is 1. The molecule has 0 spiro atoms. The largest absolute Gasteiger partial charge is 0.478 e. The van der Waals surface area contributed by atoms with Crippen LogP contribution in [-0.2, 0) is 22.9 Å². The standard InChI is InChI=1S/C21H17F2NO4S/c22-16-11-12-20(18(23)13-16)29(27,28)24-19-8-4-2-6-15(19)10-9-14-5-1-3-7-17(14)21(25)26/h1-8,11-13,24H,9-10H2,(H,25,26). The predicted octanol–water partition coefficient (Wildman–Crippen LogP) is 4.25. The lowest BCUT2D eigenvalue weighted by atomic mass is 9.99. The summed E-state index contributed by atoms with van der Waals surface area (Å²) < 4.78 is 54.4. The van der Waals surface area contributed by atoms with E-state index in [9.17, 15) is 27.1 Å². The molecule has 150 valence electrons. The van der Waals surface area contributed by atoms with Crippen molar-refractivity contribution in [2.75, 3.05) is 4.72 Å². The van der Waals surface area contributed by atoms with Gasteiger partial charge in [-0.2, -0.15) is 0 Å². The number of aromatic carboxylic acids is 1. The third-order valence-corrected chi connectivity index (χ3v) is 5.76. The predicted molar refractivity (Wildman–Crippen MR) is 104 cm³/mol. The van der Waals surface area contributed by atoms with Crippen molar-refractivity contribution in [1.29, 1.82) is 0 Å². The van der Waals surface area contributed by atoms with Gasteiger partial charge in [-0.15, -0.1) is 0 Å². The van der Waals surface area contributed by atoms with E-state index in [-0.39, 0.29) is 11.3 Å². The third kappa shape index (κ3) is 4.78. The van der Waals surface area contributed by atoms with Crippen molar-refractivity contribution in [1.82, 2.24) is 0 Å². The molecular formula is C21H17F2NO4S. The zero-order valence-electron chi connectivity index (χ0n) is 15.1. The topological polar surface area (TPSA) is 83.5 Å². The Hall–Kier alpha value is -3.26. The minimum absolute atomic E-state index is 0.180. The second-order valence-electron chi connectivity index (χ2n) is 6.30. The van der Waals surface area contributed by atoms with Gasteiger partial charge >= 0.3 is 5.97 Å². The molecule has 8 heteroatoms. The molecule has 3 aromatic rings. The Kier molecular flexibility index (Phi) is 5.93. The first-order chi connectivity index (χ1) is 13.8. The first kappa shape index (κ1) is 20.5. The molecule has 0 aliphatic carbocycles. The monoisotopic (exact) mass is 417 g/mol. The number of hydrogen-bond donors (Lipinski definition) is 2. The van der Waals surface area contributed by atoms with E-state index < -0.39 is 32.5 Å². The van der Waals surface area contributed by atoms with E-state index in [1.807, 2.05) is 0 Å². The van der Waals surface area contributed by atoms with Crippen LogP contribution in [0.4, 0.5) is 14.5 Å². The lowest BCUT2D eigenvalue weighted by Crippen LogP contribution is -2.16. The number of carboxylic acids is 1. The quantitative estimate of drug-likeness (QED) is 0.602. The third-order valence-electron chi connectivity index (χ3n) is 4.36. The van der Waals surface area contributed by atoms with Crippen LogP contribution < -0.4 is 4.72 Å². The van der Waals surface area contributed by atoms with Crippen molar-refractivity contribution in [2.45, 2.75) is 17.7 Å². The Bertz CT molecular complexity index is 1160. The van der Waals surface area contributed by atoms with Gasteiger partial charge in [-0.1, -0.05) is 36.4 Å². The van der Waals surface area contributed by atoms with Gasteiger partial charge in [-0.05, 0) is 48.2 Å². The maximum Gasteiger partial charge on any atom is 0.335 e. The smallest absolute Gasteiger partial charge is 0.335 e. The van der Waals surface area contributed by atoms with Gasteiger partial charge in [0.1, 0.15) is 16.5 Å². The van der Waals surface area contributed by atoms with Crippen LogP contribution in [0.1, 0.15) is 21.5 Å². The molecule has 29 heavy (non-hydrogen) atoms. The number of hydrogen-bond acceptors (Lipinski definition) is 3. The Balaban J connectivity index is 1.85. The van der Waals surface area contributed by atoms with Gasteiger partial charge in [0.25, 0.3) is 10.0 Å². The zero-order valence-corrected chi connectivity index (χ0v) is 15.9. The second kappa shape index (κ2) is 8.40. The van der Waals surface area contributed by atoms with Crippen LogP contribution in [0, 0.1) is 11.6 Å². The molecule has 0 saturated heterocycles. The number of rotatable bonds is 7. The van der Waals surface area contributed by atoms with Crippen LogP contribution in [0.2, 0.25) is 0 Å². The van der Waals surface area contributed by atoms with Gasteiger partial charge in [-0.3, -0.25) is 4.72 Å². The second-order valence-corrected chi connectivity index (χ2v) is 7.95. The lowest BCUT2D eigenvalue weighted by Gasteiger charge is -2.14. The summed E-state index contributed by atoms with van der Waals surface area (Å²) in [7, 11) is -4.27. The normalized spacial score (nSPS) is 11.2. The molecule has 5 nitrogen and oxygen atoms in total. The van der Waals surface area contributed by atoms with Crippen molar-refractivity contribution in [3.8, 4) is 0 Å². The van der Waals surface area contributed by atoms with E-state index in [1.54, 1.807) is 36.4 Å². The van der Waals surface area contributed by atoms with E-state index in [2.05, 4.69) is 4.72 Å². The molecular weight excluding hydrogens is 400 g/mol. The van der Waals surface area contributed by atoms with Crippen molar-refractivity contribution >= 4 is 21.7 Å². The minimum Gasteiger partial charge on any atom is -0.478 e.